The molecule has 1 atom stereocenters. The molecule has 82 valence electrons. The van der Waals surface area contributed by atoms with Crippen LogP contribution < -0.4 is 5.73 Å². The molecule has 0 saturated carbocycles. The Hall–Kier alpha value is -1.40. The van der Waals surface area contributed by atoms with Gasteiger partial charge in [-0.2, -0.15) is 0 Å². The number of hydrogen-bond acceptors (Lipinski definition) is 4. The van der Waals surface area contributed by atoms with E-state index in [9.17, 15) is 9.59 Å². The summed E-state index contributed by atoms with van der Waals surface area (Å²) in [5.41, 5.74) is 5.20. The number of carboxylic acids is 1. The summed E-state index contributed by atoms with van der Waals surface area (Å²) < 4.78 is 0. The van der Waals surface area contributed by atoms with Crippen LogP contribution in [0.3, 0.4) is 0 Å². The van der Waals surface area contributed by atoms with Gasteiger partial charge in [-0.1, -0.05) is 6.08 Å². The number of rotatable bonds is 3. The van der Waals surface area contributed by atoms with Crippen LogP contribution in [0.2, 0.25) is 0 Å². The van der Waals surface area contributed by atoms with Crippen LogP contribution in [0, 0.1) is 0 Å². The number of hydrogen-bond donors (Lipinski definition) is 4. The van der Waals surface area contributed by atoms with E-state index in [0.717, 1.165) is 0 Å². The molecule has 6 heteroatoms. The Morgan fingerprint density at radius 3 is 1.93 bits per heavy atom. The molecule has 14 heavy (non-hydrogen) atoms. The van der Waals surface area contributed by atoms with Crippen molar-refractivity contribution >= 4 is 11.9 Å². The van der Waals surface area contributed by atoms with E-state index in [2.05, 4.69) is 0 Å². The first-order chi connectivity index (χ1) is 6.32. The van der Waals surface area contributed by atoms with Crippen molar-refractivity contribution in [1.82, 2.24) is 0 Å². The molecular weight excluding hydrogens is 190 g/mol. The lowest BCUT2D eigenvalue weighted by Gasteiger charge is -1.89. The number of primary amides is 1. The van der Waals surface area contributed by atoms with Crippen LogP contribution in [0.25, 0.3) is 0 Å². The van der Waals surface area contributed by atoms with Crippen LogP contribution in [-0.2, 0) is 9.59 Å². The molecule has 0 heterocycles. The van der Waals surface area contributed by atoms with E-state index < -0.39 is 18.0 Å². The molecule has 0 rings (SSSR count). The zero-order valence-electron chi connectivity index (χ0n) is 8.10. The van der Waals surface area contributed by atoms with Gasteiger partial charge in [-0.05, 0) is 13.8 Å². The summed E-state index contributed by atoms with van der Waals surface area (Å²) >= 11 is 0. The third kappa shape index (κ3) is 10.6. The molecule has 0 fully saturated rings. The second-order valence-corrected chi connectivity index (χ2v) is 2.45. The third-order valence-electron chi connectivity index (χ3n) is 1.14. The average Bonchev–Trinajstić information content (AvgIpc) is 2.05. The van der Waals surface area contributed by atoms with E-state index in [1.165, 1.54) is 13.0 Å². The maximum Gasteiger partial charge on any atom is 0.332 e. The molecule has 0 aromatic heterocycles. The van der Waals surface area contributed by atoms with Crippen LogP contribution in [-0.4, -0.2) is 39.9 Å². The Balaban J connectivity index is 0. The number of carbonyl (C=O) groups excluding carboxylic acids is 1. The topological polar surface area (TPSA) is 121 Å². The molecule has 0 aliphatic carbocycles. The number of carbonyl (C=O) groups is 2. The van der Waals surface area contributed by atoms with Crippen LogP contribution in [0.4, 0.5) is 0 Å². The van der Waals surface area contributed by atoms with Gasteiger partial charge in [0, 0.05) is 5.57 Å². The van der Waals surface area contributed by atoms with Gasteiger partial charge in [0.2, 0.25) is 5.91 Å². The highest BCUT2D eigenvalue weighted by Gasteiger charge is 2.01. The lowest BCUT2D eigenvalue weighted by molar-refractivity contribution is -0.145. The highest BCUT2D eigenvalue weighted by Crippen LogP contribution is 1.86. The molecule has 0 saturated heterocycles. The molecular formula is C8H15NO5. The van der Waals surface area contributed by atoms with Crippen LogP contribution in [0.5, 0.6) is 0 Å². The molecule has 0 spiro atoms. The van der Waals surface area contributed by atoms with Gasteiger partial charge in [0.15, 0.2) is 0 Å². The maximum atomic E-state index is 10.1. The Kier molecular flexibility index (Phi) is 8.85. The van der Waals surface area contributed by atoms with Crippen molar-refractivity contribution in [1.29, 1.82) is 0 Å². The molecule has 1 amide bonds. The average molecular weight is 205 g/mol. The molecule has 0 bridgehead atoms. The van der Waals surface area contributed by atoms with Gasteiger partial charge < -0.3 is 21.1 Å². The summed E-state index contributed by atoms with van der Waals surface area (Å²) in [5, 5.41) is 24.0. The molecule has 0 aromatic rings. The second kappa shape index (κ2) is 8.21. The van der Waals surface area contributed by atoms with Crippen molar-refractivity contribution in [2.45, 2.75) is 20.0 Å². The highest BCUT2D eigenvalue weighted by atomic mass is 16.4. The molecule has 5 N–H and O–H groups in total. The van der Waals surface area contributed by atoms with Gasteiger partial charge in [0.25, 0.3) is 0 Å². The summed E-state index contributed by atoms with van der Waals surface area (Å²) in [6, 6.07) is 0. The number of nitrogens with two attached hydrogens (primary N) is 1. The Labute approximate surface area is 81.7 Å². The second-order valence-electron chi connectivity index (χ2n) is 2.45. The van der Waals surface area contributed by atoms with Crippen molar-refractivity contribution in [2.24, 2.45) is 5.73 Å². The van der Waals surface area contributed by atoms with Gasteiger partial charge in [-0.15, -0.1) is 0 Å². The largest absolute Gasteiger partial charge is 0.479 e. The number of aliphatic carboxylic acids is 1. The van der Waals surface area contributed by atoms with Crippen molar-refractivity contribution < 1.29 is 24.9 Å². The van der Waals surface area contributed by atoms with E-state index in [0.29, 0.717) is 5.57 Å². The molecule has 0 aromatic carbocycles. The highest BCUT2D eigenvalue weighted by molar-refractivity contribution is 5.91. The smallest absolute Gasteiger partial charge is 0.332 e. The quantitative estimate of drug-likeness (QED) is 0.434. The van der Waals surface area contributed by atoms with Crippen molar-refractivity contribution in [3.8, 4) is 0 Å². The first-order valence-corrected chi connectivity index (χ1v) is 3.81. The Morgan fingerprint density at radius 1 is 1.50 bits per heavy atom. The van der Waals surface area contributed by atoms with Gasteiger partial charge in [-0.3, -0.25) is 4.79 Å². The number of aliphatic hydroxyl groups is 2. The van der Waals surface area contributed by atoms with Crippen molar-refractivity contribution in [3.05, 3.63) is 11.6 Å². The van der Waals surface area contributed by atoms with Crippen molar-refractivity contribution in [3.63, 3.8) is 0 Å². The maximum absolute atomic E-state index is 10.1. The summed E-state index contributed by atoms with van der Waals surface area (Å²) in [6.07, 6.45) is 0.132. The predicted molar refractivity (Wildman–Crippen MR) is 49.4 cm³/mol. The zero-order chi connectivity index (χ0) is 11.7. The van der Waals surface area contributed by atoms with E-state index in [1.807, 2.05) is 0 Å². The minimum atomic E-state index is -1.23. The fourth-order valence-electron chi connectivity index (χ4n) is 0.238. The van der Waals surface area contributed by atoms with Gasteiger partial charge in [0.1, 0.15) is 6.10 Å². The number of amides is 1. The SMILES string of the molecule is CC(=CCO)C(N)=O.CC(O)C(=O)O. The summed E-state index contributed by atoms with van der Waals surface area (Å²) in [5.74, 6) is -1.67. The normalized spacial score (nSPS) is 12.4. The van der Waals surface area contributed by atoms with E-state index in [4.69, 9.17) is 21.1 Å². The summed E-state index contributed by atoms with van der Waals surface area (Å²) in [7, 11) is 0. The summed E-state index contributed by atoms with van der Waals surface area (Å²) in [6.45, 7) is 2.62. The fourth-order valence-corrected chi connectivity index (χ4v) is 0.238. The lowest BCUT2D eigenvalue weighted by atomic mass is 10.3. The van der Waals surface area contributed by atoms with E-state index >= 15 is 0 Å². The molecule has 0 aliphatic heterocycles. The zero-order valence-corrected chi connectivity index (χ0v) is 8.10. The number of carboxylic acid groups (broad SMARTS) is 1. The van der Waals surface area contributed by atoms with Crippen molar-refractivity contribution in [2.75, 3.05) is 6.61 Å². The first-order valence-electron chi connectivity index (χ1n) is 3.81. The van der Waals surface area contributed by atoms with Gasteiger partial charge >= 0.3 is 5.97 Å². The minimum absolute atomic E-state index is 0.130. The lowest BCUT2D eigenvalue weighted by Crippen LogP contribution is -2.13. The van der Waals surface area contributed by atoms with Gasteiger partial charge in [-0.25, -0.2) is 4.79 Å². The molecule has 0 radical (unpaired) electrons. The Bertz CT molecular complexity index is 222. The van der Waals surface area contributed by atoms with Gasteiger partial charge in [0.05, 0.1) is 6.61 Å². The fraction of sp³-hybridized carbons (Fsp3) is 0.500. The molecule has 6 nitrogen and oxygen atoms in total. The first kappa shape index (κ1) is 15.1. The van der Waals surface area contributed by atoms with E-state index in [1.54, 1.807) is 6.92 Å². The van der Waals surface area contributed by atoms with Crippen LogP contribution in [0.1, 0.15) is 13.8 Å². The minimum Gasteiger partial charge on any atom is -0.479 e. The Morgan fingerprint density at radius 2 is 1.86 bits per heavy atom. The van der Waals surface area contributed by atoms with Crippen LogP contribution >= 0.6 is 0 Å². The molecule has 0 aliphatic rings. The summed E-state index contributed by atoms with van der Waals surface area (Å²) in [4.78, 5) is 19.6. The number of aliphatic hydroxyl groups excluding tert-OH is 2. The standard InChI is InChI=1S/C5H9NO2.C3H6O3/c1-4(2-3-7)5(6)8;1-2(4)3(5)6/h2,7H,3H2,1H3,(H2,6,8);2,4H,1H3,(H,5,6). The third-order valence-corrected chi connectivity index (χ3v) is 1.14. The monoisotopic (exact) mass is 205 g/mol. The predicted octanol–water partition coefficient (Wildman–Crippen LogP) is -1.14. The van der Waals surface area contributed by atoms with E-state index in [-0.39, 0.29) is 6.61 Å². The molecule has 1 unspecified atom stereocenters. The van der Waals surface area contributed by atoms with Crippen LogP contribution in [0.15, 0.2) is 11.6 Å².